The van der Waals surface area contributed by atoms with Gasteiger partial charge < -0.3 is 10.4 Å². The molecule has 1 heterocycles. The molecule has 0 aliphatic carbocycles. The first kappa shape index (κ1) is 16.5. The van der Waals surface area contributed by atoms with Crippen LogP contribution in [0.25, 0.3) is 0 Å². The molecule has 1 aromatic rings. The van der Waals surface area contributed by atoms with Crippen molar-refractivity contribution in [3.8, 4) is 0 Å². The average Bonchev–Trinajstić information content (AvgIpc) is 2.74. The van der Waals surface area contributed by atoms with Gasteiger partial charge in [-0.1, -0.05) is 22.9 Å². The maximum absolute atomic E-state index is 12.1. The smallest absolute Gasteiger partial charge is 0.308 e. The number of amides is 1. The van der Waals surface area contributed by atoms with E-state index in [9.17, 15) is 9.59 Å². The molecule has 1 saturated heterocycles. The normalized spacial score (nSPS) is 22.2. The van der Waals surface area contributed by atoms with Crippen molar-refractivity contribution >= 4 is 49.4 Å². The van der Waals surface area contributed by atoms with E-state index in [0.717, 1.165) is 8.95 Å². The molecule has 0 aromatic heterocycles. The van der Waals surface area contributed by atoms with Crippen molar-refractivity contribution in [2.45, 2.75) is 6.92 Å². The van der Waals surface area contributed by atoms with Gasteiger partial charge in [0.1, 0.15) is 0 Å². The molecule has 0 saturated carbocycles. The molecule has 2 atom stereocenters. The monoisotopic (exact) mass is 418 g/mol. The number of hydrogen-bond donors (Lipinski definition) is 2. The van der Waals surface area contributed by atoms with Gasteiger partial charge in [0.05, 0.1) is 18.2 Å². The van der Waals surface area contributed by atoms with Crippen LogP contribution in [0.3, 0.4) is 0 Å². The molecule has 1 aliphatic rings. The van der Waals surface area contributed by atoms with Crippen molar-refractivity contribution in [1.82, 2.24) is 4.90 Å². The van der Waals surface area contributed by atoms with Crippen LogP contribution < -0.4 is 5.32 Å². The second-order valence-electron chi connectivity index (χ2n) is 5.29. The third-order valence-electron chi connectivity index (χ3n) is 3.58. The Labute approximate surface area is 140 Å². The van der Waals surface area contributed by atoms with Crippen LogP contribution in [0.5, 0.6) is 0 Å². The van der Waals surface area contributed by atoms with Crippen LogP contribution in [0, 0.1) is 11.8 Å². The number of benzene rings is 1. The summed E-state index contributed by atoms with van der Waals surface area (Å²) < 4.78 is 1.72. The highest BCUT2D eigenvalue weighted by atomic mass is 79.9. The van der Waals surface area contributed by atoms with Gasteiger partial charge in [-0.25, -0.2) is 0 Å². The Kier molecular flexibility index (Phi) is 5.40. The lowest BCUT2D eigenvalue weighted by atomic mass is 9.99. The van der Waals surface area contributed by atoms with Crippen molar-refractivity contribution in [3.05, 3.63) is 27.1 Å². The number of halogens is 2. The van der Waals surface area contributed by atoms with E-state index in [1.807, 2.05) is 24.0 Å². The number of likely N-dealkylation sites (tertiary alicyclic amines) is 1. The summed E-state index contributed by atoms with van der Waals surface area (Å²) in [6, 6.07) is 5.51. The van der Waals surface area contributed by atoms with Crippen LogP contribution >= 0.6 is 31.9 Å². The Hall–Kier alpha value is -0.920. The summed E-state index contributed by atoms with van der Waals surface area (Å²) in [5.41, 5.74) is 0.699. The zero-order valence-electron chi connectivity index (χ0n) is 11.5. The summed E-state index contributed by atoms with van der Waals surface area (Å²) in [7, 11) is 0. The molecular weight excluding hydrogens is 404 g/mol. The zero-order chi connectivity index (χ0) is 15.6. The van der Waals surface area contributed by atoms with Gasteiger partial charge in [-0.3, -0.25) is 14.5 Å². The highest BCUT2D eigenvalue weighted by molar-refractivity contribution is 9.11. The first-order valence-electron chi connectivity index (χ1n) is 6.57. The minimum atomic E-state index is -0.791. The number of hydrogen-bond acceptors (Lipinski definition) is 3. The molecule has 2 unspecified atom stereocenters. The minimum Gasteiger partial charge on any atom is -0.481 e. The van der Waals surface area contributed by atoms with Crippen molar-refractivity contribution in [2.75, 3.05) is 25.0 Å². The molecule has 0 bridgehead atoms. The third-order valence-corrected chi connectivity index (χ3v) is 4.73. The molecule has 21 heavy (non-hydrogen) atoms. The molecule has 5 nitrogen and oxygen atoms in total. The fourth-order valence-electron chi connectivity index (χ4n) is 2.50. The summed E-state index contributed by atoms with van der Waals surface area (Å²) in [6.07, 6.45) is 0. The molecule has 1 amide bonds. The van der Waals surface area contributed by atoms with E-state index < -0.39 is 11.9 Å². The van der Waals surface area contributed by atoms with Crippen LogP contribution in [-0.2, 0) is 9.59 Å². The fourth-order valence-corrected chi connectivity index (χ4v) is 3.65. The van der Waals surface area contributed by atoms with Gasteiger partial charge in [0, 0.05) is 22.0 Å². The zero-order valence-corrected chi connectivity index (χ0v) is 14.6. The Bertz CT molecular complexity index is 565. The minimum absolute atomic E-state index is 0.0646. The molecule has 114 valence electrons. The standard InChI is InChI=1S/C14H16Br2N2O3/c1-8-5-18(6-10(8)14(20)21)7-13(19)17-12-3-2-9(15)4-11(12)16/h2-4,8,10H,5-7H2,1H3,(H,17,19)(H,20,21). The van der Waals surface area contributed by atoms with E-state index in [-0.39, 0.29) is 18.4 Å². The van der Waals surface area contributed by atoms with E-state index in [0.29, 0.717) is 18.8 Å². The van der Waals surface area contributed by atoms with Crippen molar-refractivity contribution in [3.63, 3.8) is 0 Å². The maximum Gasteiger partial charge on any atom is 0.308 e. The predicted molar refractivity (Wildman–Crippen MR) is 87.2 cm³/mol. The third kappa shape index (κ3) is 4.28. The Balaban J connectivity index is 1.92. The van der Waals surface area contributed by atoms with Crippen molar-refractivity contribution in [2.24, 2.45) is 11.8 Å². The van der Waals surface area contributed by atoms with Gasteiger partial charge >= 0.3 is 5.97 Å². The van der Waals surface area contributed by atoms with Crippen molar-refractivity contribution in [1.29, 1.82) is 0 Å². The number of rotatable bonds is 4. The number of aliphatic carboxylic acids is 1. The van der Waals surface area contributed by atoms with Gasteiger partial charge in [-0.15, -0.1) is 0 Å². The SMILES string of the molecule is CC1CN(CC(=O)Nc2ccc(Br)cc2Br)CC1C(=O)O. The number of carbonyl (C=O) groups excluding carboxylic acids is 1. The fraction of sp³-hybridized carbons (Fsp3) is 0.429. The van der Waals surface area contributed by atoms with E-state index in [1.165, 1.54) is 0 Å². The first-order chi connectivity index (χ1) is 9.86. The number of carboxylic acid groups (broad SMARTS) is 1. The Morgan fingerprint density at radius 2 is 2.10 bits per heavy atom. The van der Waals surface area contributed by atoms with Gasteiger partial charge in [0.2, 0.25) is 5.91 Å². The summed E-state index contributed by atoms with van der Waals surface area (Å²) in [4.78, 5) is 25.0. The topological polar surface area (TPSA) is 69.6 Å². The van der Waals surface area contributed by atoms with Gasteiger partial charge in [-0.2, -0.15) is 0 Å². The molecule has 2 rings (SSSR count). The molecular formula is C14H16Br2N2O3. The van der Waals surface area contributed by atoms with Gasteiger partial charge in [0.25, 0.3) is 0 Å². The van der Waals surface area contributed by atoms with Gasteiger partial charge in [-0.05, 0) is 40.0 Å². The van der Waals surface area contributed by atoms with Gasteiger partial charge in [0.15, 0.2) is 0 Å². The van der Waals surface area contributed by atoms with E-state index >= 15 is 0 Å². The van der Waals surface area contributed by atoms with Crippen LogP contribution in [0.4, 0.5) is 5.69 Å². The average molecular weight is 420 g/mol. The van der Waals surface area contributed by atoms with Crippen LogP contribution in [0.2, 0.25) is 0 Å². The Morgan fingerprint density at radius 1 is 1.38 bits per heavy atom. The van der Waals surface area contributed by atoms with Crippen LogP contribution in [0.15, 0.2) is 27.1 Å². The summed E-state index contributed by atoms with van der Waals surface area (Å²) >= 11 is 6.74. The molecule has 1 fully saturated rings. The molecule has 2 N–H and O–H groups in total. The lowest BCUT2D eigenvalue weighted by Gasteiger charge is -2.15. The lowest BCUT2D eigenvalue weighted by molar-refractivity contribution is -0.142. The summed E-state index contributed by atoms with van der Waals surface area (Å²) in [5.74, 6) is -1.26. The number of carboxylic acids is 1. The second-order valence-corrected chi connectivity index (χ2v) is 7.06. The molecule has 0 radical (unpaired) electrons. The molecule has 1 aromatic carbocycles. The first-order valence-corrected chi connectivity index (χ1v) is 8.15. The van der Waals surface area contributed by atoms with Crippen LogP contribution in [-0.4, -0.2) is 41.5 Å². The summed E-state index contributed by atoms with van der Waals surface area (Å²) in [6.45, 7) is 3.16. The number of nitrogens with zero attached hydrogens (tertiary/aromatic N) is 1. The van der Waals surface area contributed by atoms with E-state index in [1.54, 1.807) is 6.07 Å². The van der Waals surface area contributed by atoms with Crippen LogP contribution in [0.1, 0.15) is 6.92 Å². The Morgan fingerprint density at radius 3 is 2.67 bits per heavy atom. The molecule has 0 spiro atoms. The number of anilines is 1. The highest BCUT2D eigenvalue weighted by Gasteiger charge is 2.35. The molecule has 1 aliphatic heterocycles. The second kappa shape index (κ2) is 6.89. The predicted octanol–water partition coefficient (Wildman–Crippen LogP) is 2.80. The summed E-state index contributed by atoms with van der Waals surface area (Å²) in [5, 5.41) is 11.9. The maximum atomic E-state index is 12.1. The van der Waals surface area contributed by atoms with E-state index in [4.69, 9.17) is 5.11 Å². The van der Waals surface area contributed by atoms with Crippen molar-refractivity contribution < 1.29 is 14.7 Å². The quantitative estimate of drug-likeness (QED) is 0.787. The number of carbonyl (C=O) groups is 2. The largest absolute Gasteiger partial charge is 0.481 e. The number of nitrogens with one attached hydrogen (secondary N) is 1. The lowest BCUT2D eigenvalue weighted by Crippen LogP contribution is -2.32. The highest BCUT2D eigenvalue weighted by Crippen LogP contribution is 2.27. The molecule has 7 heteroatoms. The van der Waals surface area contributed by atoms with E-state index in [2.05, 4.69) is 37.2 Å².